The van der Waals surface area contributed by atoms with Crippen molar-refractivity contribution in [1.82, 2.24) is 14.8 Å². The third-order valence-corrected chi connectivity index (χ3v) is 3.69. The molecule has 0 bridgehead atoms. The van der Waals surface area contributed by atoms with E-state index >= 15 is 0 Å². The van der Waals surface area contributed by atoms with Crippen LogP contribution in [-0.2, 0) is 6.42 Å². The molecular weight excluding hydrogens is 371 g/mol. The Labute approximate surface area is 159 Å². The first-order chi connectivity index (χ1) is 13.2. The Hall–Kier alpha value is -3.54. The van der Waals surface area contributed by atoms with Gasteiger partial charge in [-0.3, -0.25) is 4.98 Å². The topological polar surface area (TPSA) is 75.8 Å². The smallest absolute Gasteiger partial charge is 0.406 e. The third-order valence-electron chi connectivity index (χ3n) is 3.69. The number of benzene rings is 1. The van der Waals surface area contributed by atoms with E-state index in [1.807, 2.05) is 26.0 Å². The van der Waals surface area contributed by atoms with Crippen LogP contribution in [0.3, 0.4) is 0 Å². The monoisotopic (exact) mass is 387 g/mol. The van der Waals surface area contributed by atoms with Gasteiger partial charge in [0.05, 0.1) is 23.9 Å². The molecule has 0 saturated carbocycles. The van der Waals surface area contributed by atoms with E-state index in [4.69, 9.17) is 5.26 Å². The minimum Gasteiger partial charge on any atom is -0.406 e. The molecular formula is C19H16F3N5O. The van der Waals surface area contributed by atoms with Crippen LogP contribution in [-0.4, -0.2) is 21.1 Å². The highest BCUT2D eigenvalue weighted by atomic mass is 19.4. The van der Waals surface area contributed by atoms with Gasteiger partial charge in [-0.1, -0.05) is 6.07 Å². The van der Waals surface area contributed by atoms with Crippen molar-refractivity contribution in [3.63, 3.8) is 0 Å². The van der Waals surface area contributed by atoms with Crippen LogP contribution in [0.2, 0.25) is 0 Å². The number of nitriles is 1. The summed E-state index contributed by atoms with van der Waals surface area (Å²) in [7, 11) is 0. The van der Waals surface area contributed by atoms with Crippen LogP contribution in [0.25, 0.3) is 5.69 Å². The molecule has 1 aromatic carbocycles. The Morgan fingerprint density at radius 1 is 1.14 bits per heavy atom. The Bertz CT molecular complexity index is 1020. The minimum atomic E-state index is -4.77. The number of hydrogen-bond acceptors (Lipinski definition) is 5. The standard InChI is InChI=1S/C19H16F3N5O/c1-12-8-16(9-13(2)24-12)27-15(6-7-23)11-18(26-27)25-14-4-3-5-17(10-14)28-19(20,21)22/h3-5,8-11H,6H2,1-2H3,(H,25,26). The summed E-state index contributed by atoms with van der Waals surface area (Å²) in [4.78, 5) is 4.32. The van der Waals surface area contributed by atoms with E-state index in [1.165, 1.54) is 18.2 Å². The maximum absolute atomic E-state index is 12.4. The number of aryl methyl sites for hydroxylation is 2. The first kappa shape index (κ1) is 19.2. The molecule has 0 aliphatic carbocycles. The van der Waals surface area contributed by atoms with Crippen molar-refractivity contribution < 1.29 is 17.9 Å². The fourth-order valence-electron chi connectivity index (χ4n) is 2.76. The Kier molecular flexibility index (Phi) is 5.22. The van der Waals surface area contributed by atoms with Crippen LogP contribution >= 0.6 is 0 Å². The van der Waals surface area contributed by atoms with Crippen molar-refractivity contribution in [3.05, 3.63) is 59.5 Å². The van der Waals surface area contributed by atoms with Crippen LogP contribution in [0.15, 0.2) is 42.5 Å². The molecule has 0 atom stereocenters. The predicted molar refractivity (Wildman–Crippen MR) is 96.6 cm³/mol. The van der Waals surface area contributed by atoms with Crippen molar-refractivity contribution >= 4 is 11.5 Å². The molecule has 0 saturated heterocycles. The molecule has 0 aliphatic heterocycles. The summed E-state index contributed by atoms with van der Waals surface area (Å²) in [5.41, 5.74) is 3.37. The number of anilines is 2. The lowest BCUT2D eigenvalue weighted by Crippen LogP contribution is -2.17. The zero-order valence-corrected chi connectivity index (χ0v) is 15.1. The van der Waals surface area contributed by atoms with Crippen molar-refractivity contribution in [2.45, 2.75) is 26.6 Å². The predicted octanol–water partition coefficient (Wildman–Crippen LogP) is 4.59. The number of nitrogens with one attached hydrogen (secondary N) is 1. The first-order valence-corrected chi connectivity index (χ1v) is 8.28. The molecule has 0 amide bonds. The van der Waals surface area contributed by atoms with Crippen LogP contribution in [0.4, 0.5) is 24.7 Å². The summed E-state index contributed by atoms with van der Waals surface area (Å²) in [6.07, 6.45) is -4.65. The van der Waals surface area contributed by atoms with Gasteiger partial charge in [-0.15, -0.1) is 18.3 Å². The maximum atomic E-state index is 12.4. The molecule has 144 valence electrons. The van der Waals surface area contributed by atoms with Gasteiger partial charge in [0.2, 0.25) is 0 Å². The zero-order chi connectivity index (χ0) is 20.3. The average molecular weight is 387 g/mol. The summed E-state index contributed by atoms with van der Waals surface area (Å²) in [6, 6.07) is 12.9. The van der Waals surface area contributed by atoms with Gasteiger partial charge in [-0.05, 0) is 38.1 Å². The fourth-order valence-corrected chi connectivity index (χ4v) is 2.76. The van der Waals surface area contributed by atoms with Crippen LogP contribution in [0.1, 0.15) is 17.1 Å². The SMILES string of the molecule is Cc1cc(-n2nc(Nc3cccc(OC(F)(F)F)c3)cc2CC#N)cc(C)n1. The number of hydrogen-bond donors (Lipinski definition) is 1. The van der Waals surface area contributed by atoms with Crippen molar-refractivity contribution in [3.8, 4) is 17.5 Å². The van der Waals surface area contributed by atoms with E-state index in [0.717, 1.165) is 17.1 Å². The van der Waals surface area contributed by atoms with E-state index in [-0.39, 0.29) is 12.2 Å². The second-order valence-corrected chi connectivity index (χ2v) is 6.08. The van der Waals surface area contributed by atoms with Gasteiger partial charge in [0, 0.05) is 29.2 Å². The van der Waals surface area contributed by atoms with Gasteiger partial charge in [0.1, 0.15) is 5.75 Å². The number of nitrogens with zero attached hydrogens (tertiary/aromatic N) is 4. The highest BCUT2D eigenvalue weighted by Crippen LogP contribution is 2.27. The highest BCUT2D eigenvalue weighted by molar-refractivity contribution is 5.59. The first-order valence-electron chi connectivity index (χ1n) is 8.28. The third kappa shape index (κ3) is 4.79. The number of ether oxygens (including phenoxy) is 1. The van der Waals surface area contributed by atoms with E-state index in [1.54, 1.807) is 16.8 Å². The molecule has 0 radical (unpaired) electrons. The van der Waals surface area contributed by atoms with Crippen LogP contribution < -0.4 is 10.1 Å². The Balaban J connectivity index is 1.92. The molecule has 0 fully saturated rings. The van der Waals surface area contributed by atoms with Crippen molar-refractivity contribution in [1.29, 1.82) is 5.26 Å². The lowest BCUT2D eigenvalue weighted by molar-refractivity contribution is -0.274. The van der Waals surface area contributed by atoms with Crippen LogP contribution in [0.5, 0.6) is 5.75 Å². The highest BCUT2D eigenvalue weighted by Gasteiger charge is 2.31. The molecule has 0 aliphatic rings. The molecule has 2 aromatic heterocycles. The molecule has 0 unspecified atom stereocenters. The molecule has 2 heterocycles. The number of halogens is 3. The quantitative estimate of drug-likeness (QED) is 0.693. The normalized spacial score (nSPS) is 11.1. The summed E-state index contributed by atoms with van der Waals surface area (Å²) in [6.45, 7) is 3.71. The summed E-state index contributed by atoms with van der Waals surface area (Å²) >= 11 is 0. The van der Waals surface area contributed by atoms with Gasteiger partial charge < -0.3 is 10.1 Å². The Morgan fingerprint density at radius 3 is 2.50 bits per heavy atom. The number of pyridine rings is 1. The Morgan fingerprint density at radius 2 is 1.86 bits per heavy atom. The summed E-state index contributed by atoms with van der Waals surface area (Å²) in [5.74, 6) is 0.0519. The van der Waals surface area contributed by atoms with Gasteiger partial charge in [-0.25, -0.2) is 4.68 Å². The summed E-state index contributed by atoms with van der Waals surface area (Å²) in [5, 5.41) is 16.5. The molecule has 3 aromatic rings. The molecule has 9 heteroatoms. The number of aromatic nitrogens is 3. The molecule has 1 N–H and O–H groups in total. The largest absolute Gasteiger partial charge is 0.573 e. The molecule has 28 heavy (non-hydrogen) atoms. The van der Waals surface area contributed by atoms with Crippen molar-refractivity contribution in [2.24, 2.45) is 0 Å². The molecule has 6 nitrogen and oxygen atoms in total. The average Bonchev–Trinajstić information content (AvgIpc) is 2.95. The van der Waals surface area contributed by atoms with E-state index in [2.05, 4.69) is 26.2 Å². The lowest BCUT2D eigenvalue weighted by atomic mass is 10.2. The van der Waals surface area contributed by atoms with Gasteiger partial charge in [0.25, 0.3) is 0 Å². The summed E-state index contributed by atoms with van der Waals surface area (Å²) < 4.78 is 42.7. The number of rotatable bonds is 5. The van der Waals surface area contributed by atoms with Crippen molar-refractivity contribution in [2.75, 3.05) is 5.32 Å². The van der Waals surface area contributed by atoms with E-state index in [0.29, 0.717) is 17.2 Å². The lowest BCUT2D eigenvalue weighted by Gasteiger charge is -2.10. The van der Waals surface area contributed by atoms with Gasteiger partial charge in [-0.2, -0.15) is 5.26 Å². The van der Waals surface area contributed by atoms with Gasteiger partial charge >= 0.3 is 6.36 Å². The second-order valence-electron chi connectivity index (χ2n) is 6.08. The number of alkyl halides is 3. The van der Waals surface area contributed by atoms with E-state index in [9.17, 15) is 13.2 Å². The zero-order valence-electron chi connectivity index (χ0n) is 15.1. The second kappa shape index (κ2) is 7.60. The van der Waals surface area contributed by atoms with Crippen LogP contribution in [0, 0.1) is 25.2 Å². The van der Waals surface area contributed by atoms with Gasteiger partial charge in [0.15, 0.2) is 5.82 Å². The van der Waals surface area contributed by atoms with E-state index < -0.39 is 6.36 Å². The molecule has 3 rings (SSSR count). The maximum Gasteiger partial charge on any atom is 0.573 e. The molecule has 0 spiro atoms. The fraction of sp³-hybridized carbons (Fsp3) is 0.211. The minimum absolute atomic E-state index is 0.117.